The van der Waals surface area contributed by atoms with Crippen molar-refractivity contribution in [3.05, 3.63) is 0 Å². The first-order valence-electron chi connectivity index (χ1n) is 5.79. The topological polar surface area (TPSA) is 49.3 Å². The number of rotatable bonds is 3. The third-order valence-corrected chi connectivity index (χ3v) is 4.34. The second kappa shape index (κ2) is 5.21. The van der Waals surface area contributed by atoms with Gasteiger partial charge in [0, 0.05) is 12.5 Å². The Bertz CT molecular complexity index is 223. The molecule has 0 unspecified atom stereocenters. The van der Waals surface area contributed by atoms with E-state index in [1.807, 2.05) is 11.8 Å². The molecule has 1 saturated heterocycles. The molecule has 3 nitrogen and oxygen atoms in total. The van der Waals surface area contributed by atoms with Crippen molar-refractivity contribution in [1.82, 2.24) is 5.32 Å². The summed E-state index contributed by atoms with van der Waals surface area (Å²) in [7, 11) is 0. The summed E-state index contributed by atoms with van der Waals surface area (Å²) in [5.74, 6) is 3.19. The number of hydrogen-bond donors (Lipinski definition) is 2. The highest BCUT2D eigenvalue weighted by atomic mass is 32.2. The molecule has 1 aliphatic heterocycles. The smallest absolute Gasteiger partial charge is 0.220 e. The van der Waals surface area contributed by atoms with Crippen LogP contribution in [0.1, 0.15) is 32.1 Å². The molecule has 2 fully saturated rings. The van der Waals surface area contributed by atoms with Gasteiger partial charge in [-0.25, -0.2) is 0 Å². The molecule has 1 saturated carbocycles. The van der Waals surface area contributed by atoms with Gasteiger partial charge in [-0.15, -0.1) is 0 Å². The van der Waals surface area contributed by atoms with Crippen LogP contribution >= 0.6 is 11.8 Å². The van der Waals surface area contributed by atoms with Crippen molar-refractivity contribution in [2.24, 2.45) is 5.92 Å². The molecule has 86 valence electrons. The van der Waals surface area contributed by atoms with Gasteiger partial charge in [0.05, 0.1) is 6.10 Å². The van der Waals surface area contributed by atoms with Crippen LogP contribution in [0.15, 0.2) is 0 Å². The minimum atomic E-state index is -0.179. The fourth-order valence-corrected chi connectivity index (χ4v) is 3.41. The van der Waals surface area contributed by atoms with E-state index in [9.17, 15) is 4.79 Å². The SMILES string of the molecule is O=C(CC1CCSCC1)NC1CC(O)C1. The zero-order valence-electron chi connectivity index (χ0n) is 8.95. The molecule has 15 heavy (non-hydrogen) atoms. The number of thioether (sulfide) groups is 1. The van der Waals surface area contributed by atoms with Crippen molar-refractivity contribution < 1.29 is 9.90 Å². The molecular weight excluding hydrogens is 210 g/mol. The first kappa shape index (κ1) is 11.3. The lowest BCUT2D eigenvalue weighted by Crippen LogP contribution is -2.47. The largest absolute Gasteiger partial charge is 0.393 e. The summed E-state index contributed by atoms with van der Waals surface area (Å²) >= 11 is 1.99. The Morgan fingerprint density at radius 2 is 2.00 bits per heavy atom. The molecule has 2 N–H and O–H groups in total. The van der Waals surface area contributed by atoms with Gasteiger partial charge in [0.2, 0.25) is 5.91 Å². The number of nitrogens with one attached hydrogen (secondary N) is 1. The van der Waals surface area contributed by atoms with Crippen LogP contribution in [0.2, 0.25) is 0 Å². The number of carbonyl (C=O) groups is 1. The standard InChI is InChI=1S/C11H19NO2S/c13-10-6-9(7-10)12-11(14)5-8-1-3-15-4-2-8/h8-10,13H,1-7H2,(H,12,14). The van der Waals surface area contributed by atoms with E-state index in [1.54, 1.807) is 0 Å². The molecule has 0 spiro atoms. The summed E-state index contributed by atoms with van der Waals surface area (Å²) < 4.78 is 0. The average molecular weight is 229 g/mol. The lowest BCUT2D eigenvalue weighted by Gasteiger charge is -2.32. The summed E-state index contributed by atoms with van der Waals surface area (Å²) in [5.41, 5.74) is 0. The molecule has 0 aromatic carbocycles. The molecular formula is C11H19NO2S. The van der Waals surface area contributed by atoms with Crippen molar-refractivity contribution in [3.8, 4) is 0 Å². The fraction of sp³-hybridized carbons (Fsp3) is 0.909. The van der Waals surface area contributed by atoms with Crippen LogP contribution in [0.4, 0.5) is 0 Å². The van der Waals surface area contributed by atoms with E-state index in [4.69, 9.17) is 5.11 Å². The van der Waals surface area contributed by atoms with Crippen molar-refractivity contribution in [2.75, 3.05) is 11.5 Å². The predicted molar refractivity (Wildman–Crippen MR) is 61.8 cm³/mol. The van der Waals surface area contributed by atoms with Crippen molar-refractivity contribution in [3.63, 3.8) is 0 Å². The number of carbonyl (C=O) groups excluding carboxylic acids is 1. The molecule has 0 radical (unpaired) electrons. The zero-order valence-corrected chi connectivity index (χ0v) is 9.76. The van der Waals surface area contributed by atoms with E-state index in [0.717, 1.165) is 12.8 Å². The Morgan fingerprint density at radius 3 is 2.60 bits per heavy atom. The van der Waals surface area contributed by atoms with Gasteiger partial charge in [-0.1, -0.05) is 0 Å². The van der Waals surface area contributed by atoms with Crippen LogP contribution in [0.3, 0.4) is 0 Å². The zero-order chi connectivity index (χ0) is 10.7. The van der Waals surface area contributed by atoms with Crippen LogP contribution in [-0.4, -0.2) is 34.7 Å². The van der Waals surface area contributed by atoms with Gasteiger partial charge in [0.1, 0.15) is 0 Å². The first-order valence-corrected chi connectivity index (χ1v) is 6.94. The molecule has 2 aliphatic rings. The van der Waals surface area contributed by atoms with Gasteiger partial charge in [0.25, 0.3) is 0 Å². The normalized spacial score (nSPS) is 32.1. The van der Waals surface area contributed by atoms with Gasteiger partial charge in [0.15, 0.2) is 0 Å². The Kier molecular flexibility index (Phi) is 3.92. The van der Waals surface area contributed by atoms with Crippen LogP contribution in [0, 0.1) is 5.92 Å². The second-order valence-corrected chi connectivity index (χ2v) is 5.87. The fourth-order valence-electron chi connectivity index (χ4n) is 2.20. The van der Waals surface area contributed by atoms with E-state index in [-0.39, 0.29) is 18.1 Å². The average Bonchev–Trinajstić information content (AvgIpc) is 2.17. The summed E-state index contributed by atoms with van der Waals surface area (Å²) in [6.07, 6.45) is 4.36. The van der Waals surface area contributed by atoms with Crippen molar-refractivity contribution >= 4 is 17.7 Å². The Morgan fingerprint density at radius 1 is 1.33 bits per heavy atom. The summed E-state index contributed by atoms with van der Waals surface area (Å²) in [6.45, 7) is 0. The van der Waals surface area contributed by atoms with Crippen LogP contribution in [0.5, 0.6) is 0 Å². The van der Waals surface area contributed by atoms with Crippen molar-refractivity contribution in [2.45, 2.75) is 44.2 Å². The molecule has 1 aliphatic carbocycles. The van der Waals surface area contributed by atoms with Crippen LogP contribution in [0.25, 0.3) is 0 Å². The number of hydrogen-bond acceptors (Lipinski definition) is 3. The quantitative estimate of drug-likeness (QED) is 0.763. The number of aliphatic hydroxyl groups excluding tert-OH is 1. The van der Waals surface area contributed by atoms with E-state index >= 15 is 0 Å². The predicted octanol–water partition coefficient (Wildman–Crippen LogP) is 1.16. The van der Waals surface area contributed by atoms with Crippen LogP contribution < -0.4 is 5.32 Å². The summed E-state index contributed by atoms with van der Waals surface area (Å²) in [5, 5.41) is 12.1. The molecule has 0 atom stereocenters. The number of amides is 1. The van der Waals surface area contributed by atoms with Gasteiger partial charge in [-0.3, -0.25) is 4.79 Å². The van der Waals surface area contributed by atoms with E-state index < -0.39 is 0 Å². The van der Waals surface area contributed by atoms with E-state index in [1.165, 1.54) is 24.3 Å². The summed E-state index contributed by atoms with van der Waals surface area (Å²) in [4.78, 5) is 11.6. The highest BCUT2D eigenvalue weighted by Crippen LogP contribution is 2.26. The maximum atomic E-state index is 11.6. The van der Waals surface area contributed by atoms with Crippen LogP contribution in [-0.2, 0) is 4.79 Å². The lowest BCUT2D eigenvalue weighted by atomic mass is 9.89. The highest BCUT2D eigenvalue weighted by Gasteiger charge is 2.29. The molecule has 1 amide bonds. The Balaban J connectivity index is 1.63. The van der Waals surface area contributed by atoms with E-state index in [2.05, 4.69) is 5.32 Å². The van der Waals surface area contributed by atoms with Gasteiger partial charge in [-0.2, -0.15) is 11.8 Å². The molecule has 0 aromatic heterocycles. The molecule has 4 heteroatoms. The van der Waals surface area contributed by atoms with Crippen molar-refractivity contribution in [1.29, 1.82) is 0 Å². The third-order valence-electron chi connectivity index (χ3n) is 3.29. The molecule has 2 rings (SSSR count). The number of aliphatic hydroxyl groups is 1. The molecule has 0 aromatic rings. The van der Waals surface area contributed by atoms with Gasteiger partial charge >= 0.3 is 0 Å². The highest BCUT2D eigenvalue weighted by molar-refractivity contribution is 7.99. The maximum Gasteiger partial charge on any atom is 0.220 e. The minimum absolute atomic E-state index is 0.179. The second-order valence-electron chi connectivity index (χ2n) is 4.65. The minimum Gasteiger partial charge on any atom is -0.393 e. The third kappa shape index (κ3) is 3.38. The Labute approximate surface area is 95.0 Å². The maximum absolute atomic E-state index is 11.6. The lowest BCUT2D eigenvalue weighted by molar-refractivity contribution is -0.124. The van der Waals surface area contributed by atoms with Gasteiger partial charge in [-0.05, 0) is 43.1 Å². The molecule has 0 bridgehead atoms. The molecule has 1 heterocycles. The Hall–Kier alpha value is -0.220. The monoisotopic (exact) mass is 229 g/mol. The summed E-state index contributed by atoms with van der Waals surface area (Å²) in [6, 6.07) is 0.241. The first-order chi connectivity index (χ1) is 7.24. The van der Waals surface area contributed by atoms with E-state index in [0.29, 0.717) is 12.3 Å². The van der Waals surface area contributed by atoms with Gasteiger partial charge < -0.3 is 10.4 Å².